The highest BCUT2D eigenvalue weighted by Crippen LogP contribution is 2.45. The minimum atomic E-state index is -3.85. The lowest BCUT2D eigenvalue weighted by Gasteiger charge is -2.31. The summed E-state index contributed by atoms with van der Waals surface area (Å²) in [6, 6.07) is 25.1. The minimum absolute atomic E-state index is 0.000592. The maximum absolute atomic E-state index is 14.3. The number of nitrogens with one attached hydrogen (secondary N) is 1. The van der Waals surface area contributed by atoms with Crippen LogP contribution in [-0.4, -0.2) is 49.8 Å². The van der Waals surface area contributed by atoms with E-state index in [1.807, 2.05) is 0 Å². The van der Waals surface area contributed by atoms with Crippen LogP contribution in [0.3, 0.4) is 0 Å². The van der Waals surface area contributed by atoms with Crippen LogP contribution in [0, 0.1) is 11.6 Å². The molecule has 1 heterocycles. The zero-order valence-corrected chi connectivity index (χ0v) is 26.9. The van der Waals surface area contributed by atoms with Gasteiger partial charge in [-0.25, -0.2) is 22.2 Å². The molecule has 0 unspecified atom stereocenters. The van der Waals surface area contributed by atoms with Gasteiger partial charge in [-0.05, 0) is 60.2 Å². The van der Waals surface area contributed by atoms with Gasteiger partial charge < -0.3 is 19.9 Å². The van der Waals surface area contributed by atoms with Crippen LogP contribution in [0.1, 0.15) is 35.6 Å². The molecule has 0 aromatic heterocycles. The fraction of sp³-hybridized carbons (Fsp3) is 0.235. The number of aliphatic hydroxyl groups is 1. The maximum atomic E-state index is 14.3. The molecule has 0 aliphatic carbocycles. The Bertz CT molecular complexity index is 1820. The summed E-state index contributed by atoms with van der Waals surface area (Å²) in [5.41, 5.74) is -0.398. The molecule has 4 aromatic rings. The summed E-state index contributed by atoms with van der Waals surface area (Å²) in [5.74, 6) is -2.50. The topological polar surface area (TPSA) is 114 Å². The van der Waals surface area contributed by atoms with E-state index in [1.165, 1.54) is 18.2 Å². The normalized spacial score (nSPS) is 17.7. The number of ether oxygens (including phenoxy) is 2. The van der Waals surface area contributed by atoms with Gasteiger partial charge in [0.25, 0.3) is 5.91 Å². The van der Waals surface area contributed by atoms with Crippen molar-refractivity contribution < 1.29 is 36.6 Å². The number of carbonyl (C=O) groups is 1. The van der Waals surface area contributed by atoms with Crippen molar-refractivity contribution in [2.45, 2.75) is 35.9 Å². The van der Waals surface area contributed by atoms with Crippen LogP contribution in [0.5, 0.6) is 5.75 Å². The molecule has 5 rings (SSSR count). The summed E-state index contributed by atoms with van der Waals surface area (Å²) < 4.78 is 67.1. The van der Waals surface area contributed by atoms with Crippen LogP contribution < -0.4 is 10.1 Å². The molecule has 2 N–H and O–H groups in total. The van der Waals surface area contributed by atoms with Gasteiger partial charge in [0.05, 0.1) is 17.3 Å². The van der Waals surface area contributed by atoms with Gasteiger partial charge in [-0.3, -0.25) is 4.79 Å². The second-order valence-electron chi connectivity index (χ2n) is 10.6. The third kappa shape index (κ3) is 7.46. The van der Waals surface area contributed by atoms with Crippen molar-refractivity contribution in [2.75, 3.05) is 19.0 Å². The van der Waals surface area contributed by atoms with E-state index in [0.717, 1.165) is 12.1 Å². The average Bonchev–Trinajstić information content (AvgIpc) is 3.46. The quantitative estimate of drug-likeness (QED) is 0.166. The number of halogens is 3. The number of hydrogen-bond acceptors (Lipinski definition) is 7. The number of benzene rings is 4. The average molecular weight is 714 g/mol. The van der Waals surface area contributed by atoms with Gasteiger partial charge in [-0.2, -0.15) is 0 Å². The van der Waals surface area contributed by atoms with E-state index in [4.69, 9.17) is 19.6 Å². The highest BCUT2D eigenvalue weighted by molar-refractivity contribution is 9.10. The van der Waals surface area contributed by atoms with Gasteiger partial charge in [0, 0.05) is 41.6 Å². The summed E-state index contributed by atoms with van der Waals surface area (Å²) in [6.45, 7) is 0.157. The van der Waals surface area contributed by atoms with Gasteiger partial charge in [0.1, 0.15) is 5.75 Å². The van der Waals surface area contributed by atoms with E-state index < -0.39 is 44.8 Å². The Balaban J connectivity index is 1.56. The Morgan fingerprint density at radius 2 is 1.70 bits per heavy atom. The maximum Gasteiger partial charge on any atom is 0.252 e. The second kappa shape index (κ2) is 14.5. The van der Waals surface area contributed by atoms with Crippen LogP contribution in [0.25, 0.3) is 0 Å². The standard InChI is InChI=1S/C34H31BrF2N2O6S/c35-28-10-5-4-9-27(28)31-34(17-20-46(42,43)26-7-2-1-3-8-26,33(41)38-22-23-11-16-29(36)30(37)21-23)39-32(45-31)24-12-14-25(15-13-24)44-19-6-18-40/h1-5,7-16,21,31,40H,6,17-20,22H2,(H,38,41)/t31-,34-/m1/s1. The van der Waals surface area contributed by atoms with E-state index in [9.17, 15) is 22.0 Å². The molecule has 0 bridgehead atoms. The van der Waals surface area contributed by atoms with Crippen molar-refractivity contribution >= 4 is 37.6 Å². The lowest BCUT2D eigenvalue weighted by atomic mass is 9.85. The molecular formula is C34H31BrF2N2O6S. The van der Waals surface area contributed by atoms with E-state index in [0.29, 0.717) is 39.9 Å². The molecule has 12 heteroatoms. The van der Waals surface area contributed by atoms with Gasteiger partial charge in [0.2, 0.25) is 5.90 Å². The second-order valence-corrected chi connectivity index (χ2v) is 13.6. The molecule has 1 amide bonds. The monoisotopic (exact) mass is 712 g/mol. The van der Waals surface area contributed by atoms with Gasteiger partial charge in [-0.1, -0.05) is 58.4 Å². The number of nitrogens with zero attached hydrogens (tertiary/aromatic N) is 1. The highest BCUT2D eigenvalue weighted by Gasteiger charge is 2.54. The van der Waals surface area contributed by atoms with Crippen LogP contribution >= 0.6 is 15.9 Å². The summed E-state index contributed by atoms with van der Waals surface area (Å²) >= 11 is 3.55. The summed E-state index contributed by atoms with van der Waals surface area (Å²) in [4.78, 5) is 19.2. The number of aliphatic hydroxyl groups excluding tert-OH is 1. The Labute approximate surface area is 274 Å². The fourth-order valence-electron chi connectivity index (χ4n) is 5.06. The van der Waals surface area contributed by atoms with Crippen molar-refractivity contribution in [3.8, 4) is 5.75 Å². The van der Waals surface area contributed by atoms with Crippen molar-refractivity contribution in [3.63, 3.8) is 0 Å². The summed E-state index contributed by atoms with van der Waals surface area (Å²) in [7, 11) is -3.85. The van der Waals surface area contributed by atoms with E-state index >= 15 is 0 Å². The van der Waals surface area contributed by atoms with Crippen LogP contribution in [-0.2, 0) is 25.9 Å². The number of sulfone groups is 1. The number of aliphatic imine (C=N–C) groups is 1. The summed E-state index contributed by atoms with van der Waals surface area (Å²) in [5, 5.41) is 11.8. The van der Waals surface area contributed by atoms with Crippen molar-refractivity contribution in [3.05, 3.63) is 130 Å². The highest BCUT2D eigenvalue weighted by atomic mass is 79.9. The van der Waals surface area contributed by atoms with Crippen molar-refractivity contribution in [1.82, 2.24) is 5.32 Å². The summed E-state index contributed by atoms with van der Waals surface area (Å²) in [6.07, 6.45) is -0.847. The molecule has 8 nitrogen and oxygen atoms in total. The smallest absolute Gasteiger partial charge is 0.252 e. The molecule has 0 saturated carbocycles. The minimum Gasteiger partial charge on any atom is -0.494 e. The zero-order valence-electron chi connectivity index (χ0n) is 24.5. The molecule has 0 radical (unpaired) electrons. The molecule has 1 aliphatic rings. The first kappa shape index (κ1) is 33.2. The van der Waals surface area contributed by atoms with Crippen LogP contribution in [0.15, 0.2) is 111 Å². The Hall–Kier alpha value is -4.13. The van der Waals surface area contributed by atoms with Crippen LogP contribution in [0.4, 0.5) is 8.78 Å². The van der Waals surface area contributed by atoms with Gasteiger partial charge in [0.15, 0.2) is 33.1 Å². The first-order valence-electron chi connectivity index (χ1n) is 14.5. The predicted octanol–water partition coefficient (Wildman–Crippen LogP) is 5.93. The number of amides is 1. The first-order valence-corrected chi connectivity index (χ1v) is 16.9. The molecule has 0 fully saturated rings. The molecule has 4 aromatic carbocycles. The molecular weight excluding hydrogens is 682 g/mol. The zero-order chi connectivity index (χ0) is 32.7. The SMILES string of the molecule is O=C(NCc1ccc(F)c(F)c1)[C@]1(CCS(=O)(=O)c2ccccc2)N=C(c2ccc(OCCCO)cc2)O[C@@H]1c1ccccc1Br. The Morgan fingerprint density at radius 3 is 2.39 bits per heavy atom. The van der Waals surface area contributed by atoms with E-state index in [2.05, 4.69) is 21.2 Å². The molecule has 0 saturated heterocycles. The fourth-order valence-corrected chi connectivity index (χ4v) is 6.94. The molecule has 46 heavy (non-hydrogen) atoms. The predicted molar refractivity (Wildman–Crippen MR) is 172 cm³/mol. The molecule has 2 atom stereocenters. The van der Waals surface area contributed by atoms with Crippen molar-refractivity contribution in [1.29, 1.82) is 0 Å². The third-order valence-electron chi connectivity index (χ3n) is 7.51. The number of hydrogen-bond donors (Lipinski definition) is 2. The number of carbonyl (C=O) groups excluding carboxylic acids is 1. The van der Waals surface area contributed by atoms with Crippen LogP contribution in [0.2, 0.25) is 0 Å². The molecule has 1 aliphatic heterocycles. The first-order chi connectivity index (χ1) is 22.1. The van der Waals surface area contributed by atoms with E-state index in [-0.39, 0.29) is 30.4 Å². The van der Waals surface area contributed by atoms with E-state index in [1.54, 1.807) is 66.7 Å². The van der Waals surface area contributed by atoms with Gasteiger partial charge >= 0.3 is 0 Å². The Morgan fingerprint density at radius 1 is 0.978 bits per heavy atom. The largest absolute Gasteiger partial charge is 0.494 e. The lowest BCUT2D eigenvalue weighted by molar-refractivity contribution is -0.129. The van der Waals surface area contributed by atoms with Crippen molar-refractivity contribution in [2.24, 2.45) is 4.99 Å². The Kier molecular flexibility index (Phi) is 10.5. The van der Waals surface area contributed by atoms with Gasteiger partial charge in [-0.15, -0.1) is 0 Å². The molecule has 240 valence electrons. The molecule has 0 spiro atoms. The third-order valence-corrected chi connectivity index (χ3v) is 9.96. The lowest BCUT2D eigenvalue weighted by Crippen LogP contribution is -2.49. The number of rotatable bonds is 13.